The van der Waals surface area contributed by atoms with Crippen molar-refractivity contribution in [3.05, 3.63) is 53.3 Å². The molecule has 5 N–H and O–H groups in total. The van der Waals surface area contributed by atoms with Crippen LogP contribution in [-0.2, 0) is 27.9 Å². The van der Waals surface area contributed by atoms with Crippen LogP contribution >= 0.6 is 7.82 Å². The first-order chi connectivity index (χ1) is 19.4. The summed E-state index contributed by atoms with van der Waals surface area (Å²) in [5.74, 6) is 0.930. The molecule has 0 fully saturated rings. The minimum Gasteiger partial charge on any atom is -0.508 e. The molecule has 0 saturated heterocycles. The molecule has 1 amide bonds. The molecule has 1 aliphatic heterocycles. The Hall–Kier alpha value is -3.79. The second kappa shape index (κ2) is 11.6. The normalized spacial score (nSPS) is 16.3. The van der Waals surface area contributed by atoms with Gasteiger partial charge in [-0.15, -0.1) is 4.58 Å². The molecule has 3 heterocycles. The zero-order valence-corrected chi connectivity index (χ0v) is 24.9. The third-order valence-corrected chi connectivity index (χ3v) is 7.56. The van der Waals surface area contributed by atoms with Crippen LogP contribution in [0, 0.1) is 0 Å². The number of unbranched alkanes of at least 4 members (excludes halogenated alkanes) is 1. The minimum absolute atomic E-state index is 0.0398. The first-order valence-electron chi connectivity index (χ1n) is 13.8. The van der Waals surface area contributed by atoms with E-state index in [4.69, 9.17) is 15.2 Å². The maximum Gasteiger partial charge on any atom is 0.524 e. The van der Waals surface area contributed by atoms with E-state index in [0.29, 0.717) is 29.4 Å². The lowest BCUT2D eigenvalue weighted by molar-refractivity contribution is -0.431. The maximum atomic E-state index is 12.4. The second-order valence-electron chi connectivity index (χ2n) is 9.91. The van der Waals surface area contributed by atoms with Crippen LogP contribution in [0.15, 0.2) is 36.4 Å². The topological polar surface area (TPSA) is 164 Å². The molecule has 2 aromatic heterocycles. The highest BCUT2D eigenvalue weighted by Gasteiger charge is 2.56. The molecule has 0 radical (unpaired) electrons. The number of hydrogen-bond acceptors (Lipinski definition) is 7. The predicted molar refractivity (Wildman–Crippen MR) is 158 cm³/mol. The van der Waals surface area contributed by atoms with Crippen LogP contribution < -0.4 is 10.3 Å². The number of benzene rings is 2. The van der Waals surface area contributed by atoms with Crippen molar-refractivity contribution in [2.24, 2.45) is 0 Å². The van der Waals surface area contributed by atoms with Gasteiger partial charge < -0.3 is 19.9 Å². The predicted octanol–water partition coefficient (Wildman–Crippen LogP) is 5.01. The molecular formula is C29H37N5O6P+. The minimum atomic E-state index is -4.78. The molecule has 1 unspecified atom stereocenters. The highest BCUT2D eigenvalue weighted by Crippen LogP contribution is 2.40. The number of hydrogen-bond donors (Lipinski definition) is 4. The number of carbonyl (C=O) groups excluding carboxylic acids is 1. The van der Waals surface area contributed by atoms with Gasteiger partial charge in [-0.25, -0.2) is 19.3 Å². The molecule has 2 aromatic carbocycles. The van der Waals surface area contributed by atoms with E-state index in [1.807, 2.05) is 56.7 Å². The first kappa shape index (κ1) is 30.2. The van der Waals surface area contributed by atoms with Gasteiger partial charge in [0, 0.05) is 29.9 Å². The molecule has 0 spiro atoms. The number of phosphoric ester groups is 1. The van der Waals surface area contributed by atoms with Gasteiger partial charge in [-0.2, -0.15) is 0 Å². The van der Waals surface area contributed by atoms with Crippen molar-refractivity contribution in [1.29, 1.82) is 0 Å². The third-order valence-electron chi connectivity index (χ3n) is 7.11. The van der Waals surface area contributed by atoms with Gasteiger partial charge in [0.1, 0.15) is 22.8 Å². The fraction of sp³-hybridized carbons (Fsp3) is 0.379. The fourth-order valence-corrected chi connectivity index (χ4v) is 5.35. The van der Waals surface area contributed by atoms with Gasteiger partial charge >= 0.3 is 13.7 Å². The van der Waals surface area contributed by atoms with Gasteiger partial charge in [-0.3, -0.25) is 9.79 Å². The summed E-state index contributed by atoms with van der Waals surface area (Å²) in [7, 11) is -4.78. The molecule has 0 aliphatic carbocycles. The molecule has 1 aliphatic rings. The molecule has 5 rings (SSSR count). The van der Waals surface area contributed by atoms with Crippen molar-refractivity contribution in [2.75, 3.05) is 5.73 Å². The molecule has 11 nitrogen and oxygen atoms in total. The largest absolute Gasteiger partial charge is 0.524 e. The van der Waals surface area contributed by atoms with Crippen molar-refractivity contribution in [1.82, 2.24) is 14.5 Å². The summed E-state index contributed by atoms with van der Waals surface area (Å²) in [6, 6.07) is 9.84. The number of nitrogen functional groups attached to an aromatic ring is 1. The van der Waals surface area contributed by atoms with Gasteiger partial charge in [0.15, 0.2) is 5.82 Å². The van der Waals surface area contributed by atoms with E-state index in [1.165, 1.54) is 18.2 Å². The van der Waals surface area contributed by atoms with Gasteiger partial charge in [0.25, 0.3) is 5.54 Å². The second-order valence-corrected chi connectivity index (χ2v) is 11.1. The van der Waals surface area contributed by atoms with E-state index >= 15 is 0 Å². The standard InChI is InChI=1S/C27H30N5O6P.C2H6/c1-4-6-7-22-30-24-25(31(22)14-16-12-18(9-11-21(16)33)38-39(35,36)37)19-13-17(8-10-20(19)29-26(24)28)27(3)15-32(27)23(34)5-2;1-2/h8-13,15H,4-7,14H2,1-3H3,(H4-,28,29,33,35,36,37);1-2H3/p+1. The third kappa shape index (κ3) is 5.98. The maximum absolute atomic E-state index is 12.4. The Labute approximate surface area is 238 Å². The lowest BCUT2D eigenvalue weighted by Gasteiger charge is -2.14. The Bertz CT molecular complexity index is 1710. The van der Waals surface area contributed by atoms with Crippen LogP contribution in [0.4, 0.5) is 5.82 Å². The van der Waals surface area contributed by atoms with Crippen LogP contribution in [0.2, 0.25) is 0 Å². The highest BCUT2D eigenvalue weighted by atomic mass is 31.2. The zero-order valence-electron chi connectivity index (χ0n) is 24.0. The molecular weight excluding hydrogens is 545 g/mol. The zero-order chi connectivity index (χ0) is 30.1. The number of nitrogens with two attached hydrogens (primary N) is 1. The Kier molecular flexibility index (Phi) is 8.54. The molecule has 12 heteroatoms. The summed E-state index contributed by atoms with van der Waals surface area (Å²) in [5.41, 5.74) is 9.06. The quantitative estimate of drug-likeness (QED) is 0.157. The summed E-state index contributed by atoms with van der Waals surface area (Å²) >= 11 is 0. The Balaban J connectivity index is 0.00000189. The van der Waals surface area contributed by atoms with Crippen molar-refractivity contribution in [2.45, 2.75) is 72.4 Å². The monoisotopic (exact) mass is 582 g/mol. The number of aromatic hydroxyl groups is 1. The van der Waals surface area contributed by atoms with Crippen LogP contribution in [-0.4, -0.2) is 46.1 Å². The number of phosphoric acid groups is 1. The number of pyridine rings is 1. The van der Waals surface area contributed by atoms with Gasteiger partial charge in [0.05, 0.1) is 24.0 Å². The van der Waals surface area contributed by atoms with Gasteiger partial charge in [0.2, 0.25) is 6.21 Å². The number of anilines is 1. The van der Waals surface area contributed by atoms with E-state index in [0.717, 1.165) is 35.1 Å². The molecule has 218 valence electrons. The van der Waals surface area contributed by atoms with Crippen molar-refractivity contribution in [3.8, 4) is 11.5 Å². The number of aromatic nitrogens is 3. The number of imidazole rings is 1. The number of rotatable bonds is 9. The Morgan fingerprint density at radius 2 is 1.88 bits per heavy atom. The lowest BCUT2D eigenvalue weighted by Crippen LogP contribution is -2.20. The summed E-state index contributed by atoms with van der Waals surface area (Å²) < 4.78 is 19.8. The average Bonchev–Trinajstić information content (AvgIpc) is 3.51. The average molecular weight is 583 g/mol. The van der Waals surface area contributed by atoms with Crippen molar-refractivity contribution >= 4 is 47.7 Å². The number of amides is 1. The number of phenols is 1. The molecule has 1 atom stereocenters. The molecule has 0 bridgehead atoms. The van der Waals surface area contributed by atoms with Crippen molar-refractivity contribution < 1.29 is 33.4 Å². The summed E-state index contributed by atoms with van der Waals surface area (Å²) in [4.78, 5) is 40.3. The number of nitrogens with zero attached hydrogens (tertiary/aromatic N) is 4. The number of fused-ring (bicyclic) bond motifs is 3. The SMILES string of the molecule is CC.CCCCc1nc2c(N)nc3ccc(C4(C)C=[N+]4C(=O)CC)cc3c2n1Cc1cc(OP(=O)(O)O)ccc1O. The van der Waals surface area contributed by atoms with Crippen LogP contribution in [0.1, 0.15) is 70.8 Å². The summed E-state index contributed by atoms with van der Waals surface area (Å²) in [6.45, 7) is 10.0. The van der Waals surface area contributed by atoms with Crippen molar-refractivity contribution in [3.63, 3.8) is 0 Å². The first-order valence-corrected chi connectivity index (χ1v) is 15.3. The van der Waals surface area contributed by atoms with Gasteiger partial charge in [-0.05, 0) is 42.8 Å². The van der Waals surface area contributed by atoms with E-state index in [-0.39, 0.29) is 29.8 Å². The highest BCUT2D eigenvalue weighted by molar-refractivity contribution is 7.46. The Morgan fingerprint density at radius 1 is 1.15 bits per heavy atom. The fourth-order valence-electron chi connectivity index (χ4n) is 4.96. The Morgan fingerprint density at radius 3 is 2.54 bits per heavy atom. The van der Waals surface area contributed by atoms with E-state index < -0.39 is 13.4 Å². The van der Waals surface area contributed by atoms with E-state index in [1.54, 1.807) is 4.58 Å². The number of aryl methyl sites for hydroxylation is 1. The molecule has 0 saturated carbocycles. The molecule has 41 heavy (non-hydrogen) atoms. The van der Waals surface area contributed by atoms with E-state index in [2.05, 4.69) is 11.9 Å². The lowest BCUT2D eigenvalue weighted by atomic mass is 9.97. The van der Waals surface area contributed by atoms with Crippen LogP contribution in [0.3, 0.4) is 0 Å². The number of carbonyl (C=O) groups is 1. The summed E-state index contributed by atoms with van der Waals surface area (Å²) in [6.07, 6.45) is 4.76. The van der Waals surface area contributed by atoms with Gasteiger partial charge in [-0.1, -0.05) is 34.1 Å². The van der Waals surface area contributed by atoms with E-state index in [9.17, 15) is 24.3 Å². The molecule has 4 aromatic rings. The van der Waals surface area contributed by atoms with Crippen LogP contribution in [0.25, 0.3) is 21.9 Å². The van der Waals surface area contributed by atoms with Crippen LogP contribution in [0.5, 0.6) is 11.5 Å². The summed E-state index contributed by atoms with van der Waals surface area (Å²) in [5, 5.41) is 11.4. The smallest absolute Gasteiger partial charge is 0.508 e. The number of phenolic OH excluding ortho intramolecular Hbond substituents is 1.